The van der Waals surface area contributed by atoms with Gasteiger partial charge in [-0.3, -0.25) is 34.0 Å². The van der Waals surface area contributed by atoms with Gasteiger partial charge in [-0.1, -0.05) is 84.2 Å². The van der Waals surface area contributed by atoms with E-state index in [0.717, 1.165) is 17.3 Å². The number of pyridine rings is 4. The van der Waals surface area contributed by atoms with Crippen LogP contribution in [0.15, 0.2) is 109 Å². The summed E-state index contributed by atoms with van der Waals surface area (Å²) in [5.74, 6) is -3.23. The number of para-hydroxylation sites is 1. The number of aromatic nitrogens is 4. The minimum Gasteiger partial charge on any atom is -0.269 e. The molecule has 0 radical (unpaired) electrons. The van der Waals surface area contributed by atoms with Crippen molar-refractivity contribution in [3.8, 4) is 22.5 Å². The van der Waals surface area contributed by atoms with Crippen LogP contribution >= 0.6 is 34.8 Å². The molecular formula is C51H33Cl3F2N6O4. The fourth-order valence-corrected chi connectivity index (χ4v) is 9.71. The zero-order chi connectivity index (χ0) is 46.3. The SMILES string of the molecule is CCc1ncc(F)cc1-c1nc2c(Cl)cccc2cc1[C@H](C)N1C(=O)c2ccc(Cc3ccc4cc([C@H](C)N5C(=O)c6ccccc6C5=O)c(-c5cc(F)cnc5Cl)nc4c3Cl)cc2C1=O. The van der Waals surface area contributed by atoms with Gasteiger partial charge in [0.15, 0.2) is 0 Å². The Bertz CT molecular complexity index is 3420. The van der Waals surface area contributed by atoms with E-state index in [9.17, 15) is 28.0 Å². The highest BCUT2D eigenvalue weighted by Gasteiger charge is 2.42. The van der Waals surface area contributed by atoms with Gasteiger partial charge >= 0.3 is 0 Å². The summed E-state index contributed by atoms with van der Waals surface area (Å²) in [5.41, 5.74) is 5.64. The minimum atomic E-state index is -0.870. The number of hydrogen-bond donors (Lipinski definition) is 0. The zero-order valence-corrected chi connectivity index (χ0v) is 37.4. The first-order valence-corrected chi connectivity index (χ1v) is 22.0. The summed E-state index contributed by atoms with van der Waals surface area (Å²) in [6.45, 7) is 5.31. The predicted octanol–water partition coefficient (Wildman–Crippen LogP) is 12.0. The van der Waals surface area contributed by atoms with Gasteiger partial charge in [-0.25, -0.2) is 23.7 Å². The molecule has 4 aromatic heterocycles. The Morgan fingerprint density at radius 1 is 0.576 bits per heavy atom. The smallest absolute Gasteiger partial charge is 0.262 e. The molecule has 15 heteroatoms. The van der Waals surface area contributed by atoms with Crippen molar-refractivity contribution in [2.24, 2.45) is 0 Å². The maximum Gasteiger partial charge on any atom is 0.262 e. The molecule has 4 amide bonds. The fourth-order valence-electron chi connectivity index (χ4n) is 9.02. The number of carbonyl (C=O) groups is 4. The van der Waals surface area contributed by atoms with Crippen LogP contribution in [0, 0.1) is 11.6 Å². The van der Waals surface area contributed by atoms with E-state index >= 15 is 0 Å². The van der Waals surface area contributed by atoms with Crippen molar-refractivity contribution in [3.63, 3.8) is 0 Å². The Morgan fingerprint density at radius 3 is 1.79 bits per heavy atom. The Hall–Kier alpha value is -6.99. The lowest BCUT2D eigenvalue weighted by Gasteiger charge is -2.25. The molecule has 2 aliphatic rings. The van der Waals surface area contributed by atoms with Crippen molar-refractivity contribution in [1.82, 2.24) is 29.7 Å². The molecule has 0 bridgehead atoms. The number of aryl methyl sites for hydroxylation is 1. The zero-order valence-electron chi connectivity index (χ0n) is 35.2. The Balaban J connectivity index is 1.00. The lowest BCUT2D eigenvalue weighted by Crippen LogP contribution is -2.33. The molecular weight excluding hydrogens is 905 g/mol. The van der Waals surface area contributed by atoms with Crippen molar-refractivity contribution >= 4 is 80.2 Å². The minimum absolute atomic E-state index is 0.0544. The first-order chi connectivity index (χ1) is 31.7. The number of nitrogens with zero attached hydrogens (tertiary/aromatic N) is 6. The number of carbonyl (C=O) groups excluding carboxylic acids is 4. The lowest BCUT2D eigenvalue weighted by atomic mass is 9.96. The van der Waals surface area contributed by atoms with Gasteiger partial charge in [0, 0.05) is 38.7 Å². The quantitative estimate of drug-likeness (QED) is 0.103. The van der Waals surface area contributed by atoms with Crippen molar-refractivity contribution in [2.45, 2.75) is 45.7 Å². The number of imide groups is 2. The number of halogens is 5. The van der Waals surface area contributed by atoms with Gasteiger partial charge in [0.05, 0.1) is 79.2 Å². The molecule has 2 atom stereocenters. The average Bonchev–Trinajstić information content (AvgIpc) is 3.72. The molecule has 0 unspecified atom stereocenters. The summed E-state index contributed by atoms with van der Waals surface area (Å²) in [4.78, 5) is 76.2. The van der Waals surface area contributed by atoms with E-state index in [1.807, 2.05) is 19.1 Å². The van der Waals surface area contributed by atoms with Crippen LogP contribution in [-0.2, 0) is 12.8 Å². The normalized spacial score (nSPS) is 14.4. The van der Waals surface area contributed by atoms with Crippen LogP contribution < -0.4 is 0 Å². The van der Waals surface area contributed by atoms with Crippen LogP contribution in [0.25, 0.3) is 44.3 Å². The Labute approximate surface area is 390 Å². The maximum absolute atomic E-state index is 14.8. The van der Waals surface area contributed by atoms with Crippen LogP contribution in [0.3, 0.4) is 0 Å². The number of rotatable bonds is 9. The van der Waals surface area contributed by atoms with Crippen molar-refractivity contribution in [1.29, 1.82) is 0 Å². The maximum atomic E-state index is 14.8. The molecule has 326 valence electrons. The molecule has 0 spiro atoms. The molecule has 8 aromatic rings. The van der Waals surface area contributed by atoms with E-state index < -0.39 is 47.3 Å². The van der Waals surface area contributed by atoms with Gasteiger partial charge in [-0.15, -0.1) is 0 Å². The van der Waals surface area contributed by atoms with Crippen molar-refractivity contribution < 1.29 is 28.0 Å². The van der Waals surface area contributed by atoms with Crippen LogP contribution in [0.2, 0.25) is 15.2 Å². The van der Waals surface area contributed by atoms with E-state index in [4.69, 9.17) is 44.8 Å². The molecule has 0 saturated carbocycles. The molecule has 2 aliphatic heterocycles. The van der Waals surface area contributed by atoms with E-state index in [1.165, 1.54) is 17.0 Å². The highest BCUT2D eigenvalue weighted by Crippen LogP contribution is 2.42. The van der Waals surface area contributed by atoms with Crippen LogP contribution in [0.4, 0.5) is 8.78 Å². The first kappa shape index (κ1) is 42.9. The second-order valence-corrected chi connectivity index (χ2v) is 17.3. The second-order valence-electron chi connectivity index (χ2n) is 16.2. The molecule has 10 rings (SSSR count). The summed E-state index contributed by atoms with van der Waals surface area (Å²) in [6.07, 6.45) is 2.80. The largest absolute Gasteiger partial charge is 0.269 e. The number of hydrogen-bond acceptors (Lipinski definition) is 8. The third kappa shape index (κ3) is 6.99. The van der Waals surface area contributed by atoms with Gasteiger partial charge in [-0.2, -0.15) is 0 Å². The standard InChI is InChI=1S/C51H33Cl3F2N6O4/c1-4-41-38(20-30(55)22-57-41)45-35(18-28-8-7-11-40(52)43(28)59-45)24(2)62-50(65)34-15-12-26(17-37(34)51(62)66)16-27-13-14-29-19-36(25(3)61-48(63)32-9-5-6-10-33(32)49(61)64)46(60-44(29)42(27)53)39-21-31(56)23-58-47(39)54/h5-15,17-25H,4,16H2,1-3H3/t24-,25-/m0/s1. The van der Waals surface area contributed by atoms with E-state index in [1.54, 1.807) is 86.6 Å². The molecule has 0 N–H and O–H groups in total. The highest BCUT2D eigenvalue weighted by atomic mass is 35.5. The third-order valence-corrected chi connectivity index (χ3v) is 13.4. The van der Waals surface area contributed by atoms with Gasteiger partial charge in [0.1, 0.15) is 16.8 Å². The van der Waals surface area contributed by atoms with Crippen molar-refractivity contribution in [3.05, 3.63) is 186 Å². The molecule has 10 nitrogen and oxygen atoms in total. The molecule has 0 fully saturated rings. The van der Waals surface area contributed by atoms with Gasteiger partial charge in [-0.05, 0) is 92.4 Å². The predicted molar refractivity (Wildman–Crippen MR) is 248 cm³/mol. The van der Waals surface area contributed by atoms with Crippen LogP contribution in [0.5, 0.6) is 0 Å². The average molecular weight is 938 g/mol. The van der Waals surface area contributed by atoms with Crippen LogP contribution in [0.1, 0.15) is 102 Å². The number of benzene rings is 4. The van der Waals surface area contributed by atoms with Crippen LogP contribution in [-0.4, -0.2) is 53.4 Å². The second kappa shape index (κ2) is 16.5. The van der Waals surface area contributed by atoms with E-state index in [-0.39, 0.29) is 50.1 Å². The summed E-state index contributed by atoms with van der Waals surface area (Å²) in [5, 5.41) is 1.82. The Kier molecular flexibility index (Phi) is 10.7. The van der Waals surface area contributed by atoms with Crippen molar-refractivity contribution in [2.75, 3.05) is 0 Å². The number of amides is 4. The third-order valence-electron chi connectivity index (χ3n) is 12.3. The topological polar surface area (TPSA) is 126 Å². The highest BCUT2D eigenvalue weighted by molar-refractivity contribution is 6.36. The molecule has 0 aliphatic carbocycles. The molecule has 66 heavy (non-hydrogen) atoms. The van der Waals surface area contributed by atoms with Gasteiger partial charge < -0.3 is 0 Å². The van der Waals surface area contributed by atoms with E-state index in [0.29, 0.717) is 72.5 Å². The van der Waals surface area contributed by atoms with Gasteiger partial charge in [0.2, 0.25) is 0 Å². The molecule has 0 saturated heterocycles. The lowest BCUT2D eigenvalue weighted by molar-refractivity contribution is 0.0579. The summed E-state index contributed by atoms with van der Waals surface area (Å²) in [6, 6.07) is 24.9. The fraction of sp³-hybridized carbons (Fsp3) is 0.137. The number of fused-ring (bicyclic) bond motifs is 4. The van der Waals surface area contributed by atoms with E-state index in [2.05, 4.69) is 9.97 Å². The molecule has 6 heterocycles. The Morgan fingerprint density at radius 2 is 1.14 bits per heavy atom. The summed E-state index contributed by atoms with van der Waals surface area (Å²) < 4.78 is 29.6. The summed E-state index contributed by atoms with van der Waals surface area (Å²) in [7, 11) is 0. The first-order valence-electron chi connectivity index (χ1n) is 20.9. The monoisotopic (exact) mass is 936 g/mol. The summed E-state index contributed by atoms with van der Waals surface area (Å²) >= 11 is 20.3. The molecule has 4 aromatic carbocycles. The van der Waals surface area contributed by atoms with Gasteiger partial charge in [0.25, 0.3) is 23.6 Å².